The second-order valence-electron chi connectivity index (χ2n) is 4.93. The summed E-state index contributed by atoms with van der Waals surface area (Å²) in [6, 6.07) is 12.7. The van der Waals surface area contributed by atoms with Crippen molar-refractivity contribution in [2.45, 2.75) is 6.42 Å². The first-order chi connectivity index (χ1) is 10.0. The zero-order chi connectivity index (χ0) is 15.0. The average Bonchev–Trinajstić information content (AvgIpc) is 2.74. The molecule has 1 heterocycles. The van der Waals surface area contributed by atoms with Gasteiger partial charge in [-0.15, -0.1) is 0 Å². The predicted molar refractivity (Wildman–Crippen MR) is 85.7 cm³/mol. The second kappa shape index (κ2) is 5.33. The Morgan fingerprint density at radius 1 is 1.19 bits per heavy atom. The molecular weight excluding hydrogens is 332 g/mol. The van der Waals surface area contributed by atoms with E-state index in [0.29, 0.717) is 17.7 Å². The quantitative estimate of drug-likeness (QED) is 0.909. The van der Waals surface area contributed by atoms with Crippen molar-refractivity contribution in [1.82, 2.24) is 0 Å². The van der Waals surface area contributed by atoms with E-state index in [1.54, 1.807) is 24.1 Å². The van der Waals surface area contributed by atoms with Crippen molar-refractivity contribution in [2.75, 3.05) is 17.3 Å². The molecule has 0 saturated carbocycles. The Bertz CT molecular complexity index is 726. The molecule has 21 heavy (non-hydrogen) atoms. The number of nitrogens with zero attached hydrogens (tertiary/aromatic N) is 1. The Hall–Kier alpha value is -2.14. The van der Waals surface area contributed by atoms with Gasteiger partial charge in [0.15, 0.2) is 0 Å². The highest BCUT2D eigenvalue weighted by atomic mass is 79.9. The highest BCUT2D eigenvalue weighted by Gasteiger charge is 2.24. The van der Waals surface area contributed by atoms with Gasteiger partial charge in [-0.25, -0.2) is 0 Å². The third-order valence-electron chi connectivity index (χ3n) is 3.52. The van der Waals surface area contributed by atoms with Crippen LogP contribution in [0.5, 0.6) is 0 Å². The lowest BCUT2D eigenvalue weighted by Crippen LogP contribution is -2.20. The summed E-state index contributed by atoms with van der Waals surface area (Å²) in [5, 5.41) is 2.85. The van der Waals surface area contributed by atoms with Gasteiger partial charge in [-0.2, -0.15) is 0 Å². The van der Waals surface area contributed by atoms with Crippen LogP contribution in [0, 0.1) is 0 Å². The van der Waals surface area contributed by atoms with Gasteiger partial charge in [0.05, 0.1) is 6.42 Å². The van der Waals surface area contributed by atoms with E-state index in [4.69, 9.17) is 0 Å². The van der Waals surface area contributed by atoms with Crippen molar-refractivity contribution in [1.29, 1.82) is 0 Å². The number of amides is 2. The normalized spacial score (nSPS) is 13.2. The molecule has 3 rings (SSSR count). The second-order valence-corrected chi connectivity index (χ2v) is 5.85. The summed E-state index contributed by atoms with van der Waals surface area (Å²) in [5.74, 6) is -0.0958. The van der Waals surface area contributed by atoms with Crippen LogP contribution in [0.4, 0.5) is 11.4 Å². The fraction of sp³-hybridized carbons (Fsp3) is 0.125. The van der Waals surface area contributed by atoms with E-state index >= 15 is 0 Å². The summed E-state index contributed by atoms with van der Waals surface area (Å²) in [5.41, 5.74) is 3.13. The van der Waals surface area contributed by atoms with E-state index in [1.165, 1.54) is 0 Å². The van der Waals surface area contributed by atoms with E-state index in [0.717, 1.165) is 15.7 Å². The number of halogens is 1. The lowest BCUT2D eigenvalue weighted by atomic mass is 10.1. The maximum Gasteiger partial charge on any atom is 0.255 e. The molecule has 0 spiro atoms. The van der Waals surface area contributed by atoms with Crippen LogP contribution in [0.2, 0.25) is 0 Å². The van der Waals surface area contributed by atoms with Gasteiger partial charge in [0.2, 0.25) is 5.91 Å². The average molecular weight is 345 g/mol. The van der Waals surface area contributed by atoms with Gasteiger partial charge >= 0.3 is 0 Å². The lowest BCUT2D eigenvalue weighted by Gasteiger charge is -2.11. The number of nitrogens with one attached hydrogen (secondary N) is 1. The SMILES string of the molecule is CN1C(=O)Cc2cc(NC(=O)c3ccc(Br)cc3)ccc21. The minimum Gasteiger partial charge on any atom is -0.322 e. The van der Waals surface area contributed by atoms with Gasteiger partial charge in [-0.3, -0.25) is 9.59 Å². The molecule has 0 radical (unpaired) electrons. The molecule has 1 aliphatic rings. The topological polar surface area (TPSA) is 49.4 Å². The number of fused-ring (bicyclic) bond motifs is 1. The number of carbonyl (C=O) groups is 2. The molecule has 0 unspecified atom stereocenters. The fourth-order valence-corrected chi connectivity index (χ4v) is 2.62. The Morgan fingerprint density at radius 2 is 1.90 bits per heavy atom. The van der Waals surface area contributed by atoms with Crippen LogP contribution in [-0.2, 0) is 11.2 Å². The smallest absolute Gasteiger partial charge is 0.255 e. The number of rotatable bonds is 2. The number of hydrogen-bond donors (Lipinski definition) is 1. The van der Waals surface area contributed by atoms with Gasteiger partial charge in [0, 0.05) is 28.5 Å². The molecule has 2 aromatic carbocycles. The van der Waals surface area contributed by atoms with Crippen LogP contribution in [-0.4, -0.2) is 18.9 Å². The standard InChI is InChI=1S/C16H13BrN2O2/c1-19-14-7-6-13(8-11(14)9-15(19)20)18-16(21)10-2-4-12(17)5-3-10/h2-8H,9H2,1H3,(H,18,21). The zero-order valence-corrected chi connectivity index (χ0v) is 13.0. The zero-order valence-electron chi connectivity index (χ0n) is 11.4. The monoisotopic (exact) mass is 344 g/mol. The predicted octanol–water partition coefficient (Wildman–Crippen LogP) is 3.22. The van der Waals surface area contributed by atoms with Crippen molar-refractivity contribution < 1.29 is 9.59 Å². The van der Waals surface area contributed by atoms with E-state index in [-0.39, 0.29) is 11.8 Å². The summed E-state index contributed by atoms with van der Waals surface area (Å²) in [6.45, 7) is 0. The minimum atomic E-state index is -0.167. The van der Waals surface area contributed by atoms with Crippen LogP contribution in [0.1, 0.15) is 15.9 Å². The minimum absolute atomic E-state index is 0.0707. The first kappa shape index (κ1) is 13.8. The molecule has 0 atom stereocenters. The van der Waals surface area contributed by atoms with Crippen molar-refractivity contribution in [2.24, 2.45) is 0 Å². The van der Waals surface area contributed by atoms with Crippen molar-refractivity contribution >= 4 is 39.1 Å². The number of likely N-dealkylation sites (N-methyl/N-ethyl adjacent to an activating group) is 1. The van der Waals surface area contributed by atoms with E-state index in [2.05, 4.69) is 21.2 Å². The summed E-state index contributed by atoms with van der Waals surface area (Å²) in [4.78, 5) is 25.4. The summed E-state index contributed by atoms with van der Waals surface area (Å²) >= 11 is 3.34. The van der Waals surface area contributed by atoms with E-state index in [1.807, 2.05) is 30.3 Å². The van der Waals surface area contributed by atoms with Crippen LogP contribution in [0.3, 0.4) is 0 Å². The van der Waals surface area contributed by atoms with Crippen molar-refractivity contribution in [3.05, 3.63) is 58.1 Å². The van der Waals surface area contributed by atoms with Crippen LogP contribution in [0.25, 0.3) is 0 Å². The molecule has 0 bridgehead atoms. The number of anilines is 2. The highest BCUT2D eigenvalue weighted by molar-refractivity contribution is 9.10. The molecule has 2 aromatic rings. The molecule has 0 fully saturated rings. The Labute approximate surface area is 130 Å². The largest absolute Gasteiger partial charge is 0.322 e. The van der Waals surface area contributed by atoms with Gasteiger partial charge < -0.3 is 10.2 Å². The maximum atomic E-state index is 12.2. The van der Waals surface area contributed by atoms with Crippen molar-refractivity contribution in [3.63, 3.8) is 0 Å². The summed E-state index contributed by atoms with van der Waals surface area (Å²) in [7, 11) is 1.76. The van der Waals surface area contributed by atoms with Crippen molar-refractivity contribution in [3.8, 4) is 0 Å². The number of benzene rings is 2. The Kier molecular flexibility index (Phi) is 3.51. The lowest BCUT2D eigenvalue weighted by molar-refractivity contribution is -0.117. The van der Waals surface area contributed by atoms with Gasteiger partial charge in [-0.05, 0) is 48.0 Å². The maximum absolute atomic E-state index is 12.2. The fourth-order valence-electron chi connectivity index (χ4n) is 2.35. The Morgan fingerprint density at radius 3 is 2.62 bits per heavy atom. The first-order valence-electron chi connectivity index (χ1n) is 6.51. The summed E-state index contributed by atoms with van der Waals surface area (Å²) in [6.07, 6.45) is 0.383. The third-order valence-corrected chi connectivity index (χ3v) is 4.05. The van der Waals surface area contributed by atoms with E-state index < -0.39 is 0 Å². The highest BCUT2D eigenvalue weighted by Crippen LogP contribution is 2.30. The van der Waals surface area contributed by atoms with Gasteiger partial charge in [-0.1, -0.05) is 15.9 Å². The van der Waals surface area contributed by atoms with Crippen LogP contribution >= 0.6 is 15.9 Å². The molecule has 0 aliphatic carbocycles. The number of carbonyl (C=O) groups excluding carboxylic acids is 2. The molecule has 0 aromatic heterocycles. The molecule has 4 nitrogen and oxygen atoms in total. The first-order valence-corrected chi connectivity index (χ1v) is 7.30. The van der Waals surface area contributed by atoms with Crippen LogP contribution in [0.15, 0.2) is 46.9 Å². The molecule has 1 aliphatic heterocycles. The summed E-state index contributed by atoms with van der Waals surface area (Å²) < 4.78 is 0.929. The van der Waals surface area contributed by atoms with Gasteiger partial charge in [0.1, 0.15) is 0 Å². The molecule has 1 N–H and O–H groups in total. The van der Waals surface area contributed by atoms with Crippen LogP contribution < -0.4 is 10.2 Å². The Balaban J connectivity index is 1.80. The van der Waals surface area contributed by atoms with E-state index in [9.17, 15) is 9.59 Å². The third kappa shape index (κ3) is 2.69. The number of hydrogen-bond acceptors (Lipinski definition) is 2. The van der Waals surface area contributed by atoms with Gasteiger partial charge in [0.25, 0.3) is 5.91 Å². The molecule has 106 valence electrons. The molecule has 0 saturated heterocycles. The molecule has 2 amide bonds. The molecular formula is C16H13BrN2O2. The molecule has 5 heteroatoms.